The van der Waals surface area contributed by atoms with Crippen LogP contribution in [0.3, 0.4) is 0 Å². The maximum Gasteiger partial charge on any atom is 0.513 e. The van der Waals surface area contributed by atoms with Crippen LogP contribution in [-0.2, 0) is 59.1 Å². The Kier molecular flexibility index (Phi) is 39.7. The molecule has 8 rings (SSSR count). The maximum absolute atomic E-state index is 12.0. The highest BCUT2D eigenvalue weighted by atomic mass is 16.7. The minimum absolute atomic E-state index is 0.00843. The van der Waals surface area contributed by atoms with Gasteiger partial charge in [-0.25, -0.2) is 9.59 Å². The predicted molar refractivity (Wildman–Crippen MR) is 445 cm³/mol. The molecule has 0 aliphatic heterocycles. The number of allylic oxidation sites excluding steroid dienone is 12. The lowest BCUT2D eigenvalue weighted by Crippen LogP contribution is -2.21. The van der Waals surface area contributed by atoms with Gasteiger partial charge in [0, 0.05) is 59.8 Å². The van der Waals surface area contributed by atoms with Crippen molar-refractivity contribution in [2.75, 3.05) is 14.2 Å². The van der Waals surface area contributed by atoms with Crippen molar-refractivity contribution in [3.05, 3.63) is 188 Å². The first kappa shape index (κ1) is 93.1. The molecule has 8 atom stereocenters. The van der Waals surface area contributed by atoms with Crippen molar-refractivity contribution < 1.29 is 81.3 Å². The fourth-order valence-electron chi connectivity index (χ4n) is 15.8. The number of methoxy groups -OCH3 is 2. The second-order valence-corrected chi connectivity index (χ2v) is 30.9. The van der Waals surface area contributed by atoms with Gasteiger partial charge in [-0.2, -0.15) is 0 Å². The fraction of sp³-hybridized carbons (Fsp3) is 0.505. The Morgan fingerprint density at radius 3 is 0.839 bits per heavy atom. The lowest BCUT2D eigenvalue weighted by Gasteiger charge is -2.32. The Hall–Kier alpha value is -9.51. The zero-order valence-corrected chi connectivity index (χ0v) is 70.1. The molecular formula is C95H128O17. The van der Waals surface area contributed by atoms with Crippen LogP contribution in [0.4, 0.5) is 9.59 Å². The Morgan fingerprint density at radius 2 is 0.598 bits per heavy atom. The molecule has 112 heavy (non-hydrogen) atoms. The van der Waals surface area contributed by atoms with Crippen LogP contribution >= 0.6 is 0 Å². The first-order valence-corrected chi connectivity index (χ1v) is 40.4. The quantitative estimate of drug-likeness (QED) is 0.0115. The number of hydrogen-bond acceptors (Lipinski definition) is 17. The number of rotatable bonds is 34. The van der Waals surface area contributed by atoms with E-state index >= 15 is 0 Å². The van der Waals surface area contributed by atoms with Gasteiger partial charge in [-0.15, -0.1) is 0 Å². The molecule has 0 heterocycles. The number of aromatic hydroxyl groups is 1. The molecule has 0 fully saturated rings. The van der Waals surface area contributed by atoms with E-state index in [1.165, 1.54) is 50.4 Å². The van der Waals surface area contributed by atoms with E-state index in [4.69, 9.17) is 42.6 Å². The second-order valence-electron chi connectivity index (χ2n) is 30.9. The standard InChI is InChI=1S/C25H34O6.C25H34O4.C23H30O4.C22H30O3/c1-7-8-9-10-18-14-21(30-24(26)28-5)23(22(15-18)31-25(27)29-6)20-13-17(4)11-12-19(20)16(2)3;1-7-8-9-10-20-14-23(28-18(5)26)25(24(15-20)29-19(6)27)22-13-17(4)11-12-21(22)16(2)3;1-5-6-7-8-18-12-21(26-14-24)23(22(13-18)27-15-25)20-11-17(4)9-10-19(20)16(2)3;1-5-6-7-8-17-12-20(24)22(21(13-17)25-14-23)19-11-16(4)9-10-18(19)15(2)3/h13-15,19-20H,2,7-12H2,1,3-6H3;13-15,21-22H,2,7-12H2,1,3-6H3;11-15,19-20H,2,5-10H2,1,3-4H3;11-14,18-19,24H,2,5-10H2,1,3-4H3/t19-,20+;21-,22+;19-,20+;18-,19+/m0000/s1. The molecule has 0 amide bonds. The smallest absolute Gasteiger partial charge is 0.507 e. The highest BCUT2D eigenvalue weighted by Gasteiger charge is 2.37. The molecule has 17 heteroatoms. The van der Waals surface area contributed by atoms with Gasteiger partial charge in [-0.1, -0.05) is 174 Å². The number of ether oxygens (including phenoxy) is 9. The van der Waals surface area contributed by atoms with Crippen LogP contribution in [0.2, 0.25) is 0 Å². The second kappa shape index (κ2) is 47.8. The van der Waals surface area contributed by atoms with E-state index in [0.717, 1.165) is 210 Å². The van der Waals surface area contributed by atoms with Crippen LogP contribution < -0.4 is 33.2 Å². The summed E-state index contributed by atoms with van der Waals surface area (Å²) >= 11 is 0. The summed E-state index contributed by atoms with van der Waals surface area (Å²) in [6.45, 7) is 45.8. The van der Waals surface area contributed by atoms with Crippen molar-refractivity contribution in [3.63, 3.8) is 0 Å². The molecule has 0 saturated heterocycles. The molecule has 0 saturated carbocycles. The van der Waals surface area contributed by atoms with Crippen LogP contribution in [0, 0.1) is 23.7 Å². The van der Waals surface area contributed by atoms with E-state index in [0.29, 0.717) is 70.8 Å². The topological polar surface area (TPSA) is 223 Å². The molecular weight excluding hydrogens is 1410 g/mol. The predicted octanol–water partition coefficient (Wildman–Crippen LogP) is 24.2. The molecule has 610 valence electrons. The lowest BCUT2D eigenvalue weighted by molar-refractivity contribution is -0.132. The highest BCUT2D eigenvalue weighted by molar-refractivity contribution is 5.74. The van der Waals surface area contributed by atoms with Gasteiger partial charge in [0.25, 0.3) is 19.4 Å². The van der Waals surface area contributed by atoms with Crippen LogP contribution in [0.25, 0.3) is 0 Å². The van der Waals surface area contributed by atoms with E-state index in [2.05, 4.69) is 106 Å². The molecule has 0 bridgehead atoms. The summed E-state index contributed by atoms with van der Waals surface area (Å²) in [5, 5.41) is 10.7. The van der Waals surface area contributed by atoms with E-state index in [-0.39, 0.29) is 65.0 Å². The van der Waals surface area contributed by atoms with Gasteiger partial charge in [0.2, 0.25) is 0 Å². The maximum atomic E-state index is 12.0. The van der Waals surface area contributed by atoms with Gasteiger partial charge >= 0.3 is 24.2 Å². The van der Waals surface area contributed by atoms with Gasteiger partial charge < -0.3 is 47.7 Å². The number of esters is 2. The third-order valence-electron chi connectivity index (χ3n) is 21.6. The zero-order chi connectivity index (χ0) is 82.7. The number of aryl methyl sites for hydroxylation is 4. The van der Waals surface area contributed by atoms with Crippen LogP contribution in [-0.4, -0.2) is 63.0 Å². The summed E-state index contributed by atoms with van der Waals surface area (Å²) in [4.78, 5) is 81.2. The molecule has 0 aromatic heterocycles. The van der Waals surface area contributed by atoms with Gasteiger partial charge in [-0.05, 0) is 253 Å². The third kappa shape index (κ3) is 28.3. The van der Waals surface area contributed by atoms with Crippen molar-refractivity contribution in [2.24, 2.45) is 23.7 Å². The van der Waals surface area contributed by atoms with Crippen LogP contribution in [0.1, 0.15) is 294 Å². The minimum atomic E-state index is -0.820. The van der Waals surface area contributed by atoms with Crippen LogP contribution in [0.15, 0.2) is 144 Å². The largest absolute Gasteiger partial charge is 0.513 e. The van der Waals surface area contributed by atoms with Crippen molar-refractivity contribution in [3.8, 4) is 46.0 Å². The van der Waals surface area contributed by atoms with Crippen LogP contribution in [0.5, 0.6) is 46.0 Å². The SMILES string of the molecule is C=C(C)[C@@H]1CCC(C)=C[C@H]1c1c(O)cc(CCCCC)cc1OC=O.C=C(C)[C@@H]1CCC(C)=C[C@H]1c1c(OC(=O)OC)cc(CCCCC)cc1OC(=O)OC.C=C(C)[C@@H]1CCC(C)=C[C@H]1c1c(OC(C)=O)cc(CCCCC)cc1OC(C)=O.C=C(C)[C@@H]1CCC(C)=C[C@H]1c1c(OC=O)cc(CCCCC)cc1OC=O. The Bertz CT molecular complexity index is 3940. The molecule has 4 aromatic carbocycles. The molecule has 1 N–H and O–H groups in total. The molecule has 4 aromatic rings. The van der Waals surface area contributed by atoms with Crippen molar-refractivity contribution >= 4 is 43.7 Å². The Balaban J connectivity index is 0.000000268. The summed E-state index contributed by atoms with van der Waals surface area (Å²) < 4.78 is 47.9. The van der Waals surface area contributed by atoms with Crippen molar-refractivity contribution in [2.45, 2.75) is 275 Å². The highest BCUT2D eigenvalue weighted by Crippen LogP contribution is 2.52. The molecule has 4 aliphatic rings. The first-order chi connectivity index (χ1) is 53.5. The Labute approximate surface area is 668 Å². The number of phenolic OH excluding ortho intramolecular Hbond substituents is 1. The van der Waals surface area contributed by atoms with E-state index in [1.54, 1.807) is 0 Å². The van der Waals surface area contributed by atoms with E-state index < -0.39 is 12.3 Å². The average Bonchev–Trinajstić information content (AvgIpc) is 0.799. The van der Waals surface area contributed by atoms with Crippen molar-refractivity contribution in [1.29, 1.82) is 0 Å². The zero-order valence-electron chi connectivity index (χ0n) is 70.1. The summed E-state index contributed by atoms with van der Waals surface area (Å²) in [7, 11) is 2.53. The van der Waals surface area contributed by atoms with Gasteiger partial charge in [0.15, 0.2) is 0 Å². The van der Waals surface area contributed by atoms with Gasteiger partial charge in [0.05, 0.1) is 14.2 Å². The average molecular weight is 1540 g/mol. The lowest BCUT2D eigenvalue weighted by atomic mass is 9.73. The fourth-order valence-corrected chi connectivity index (χ4v) is 15.8. The number of benzene rings is 4. The molecule has 4 aliphatic carbocycles. The summed E-state index contributed by atoms with van der Waals surface area (Å²) in [5.74, 6) is 3.05. The minimum Gasteiger partial charge on any atom is -0.507 e. The summed E-state index contributed by atoms with van der Waals surface area (Å²) in [5.41, 5.74) is 16.1. The summed E-state index contributed by atoms with van der Waals surface area (Å²) in [6, 6.07) is 15.1. The number of hydrogen-bond donors (Lipinski definition) is 1. The molecule has 0 radical (unpaired) electrons. The number of carbonyl (C=O) groups excluding carboxylic acids is 7. The number of phenols is 1. The molecule has 0 unspecified atom stereocenters. The first-order valence-electron chi connectivity index (χ1n) is 40.4. The third-order valence-corrected chi connectivity index (χ3v) is 21.6. The normalized spacial score (nSPS) is 18.9. The summed E-state index contributed by atoms with van der Waals surface area (Å²) in [6.07, 6.45) is 31.3. The van der Waals surface area contributed by atoms with E-state index in [9.17, 15) is 38.7 Å². The Morgan fingerprint density at radius 1 is 0.366 bits per heavy atom. The molecule has 0 spiro atoms. The van der Waals surface area contributed by atoms with Crippen molar-refractivity contribution in [1.82, 2.24) is 0 Å². The van der Waals surface area contributed by atoms with E-state index in [1.807, 2.05) is 76.2 Å². The number of carbonyl (C=O) groups is 7. The number of unbranched alkanes of at least 4 members (excludes halogenated alkanes) is 8. The van der Waals surface area contributed by atoms with Gasteiger partial charge in [-0.3, -0.25) is 24.0 Å². The molecule has 17 nitrogen and oxygen atoms in total. The van der Waals surface area contributed by atoms with Gasteiger partial charge in [0.1, 0.15) is 46.0 Å². The monoisotopic (exact) mass is 1540 g/mol.